The molecule has 7 nitrogen and oxygen atoms in total. The Morgan fingerprint density at radius 1 is 1.31 bits per heavy atom. The number of anilines is 1. The molecule has 1 saturated heterocycles. The molecule has 4 rings (SSSR count). The first-order valence-electron chi connectivity index (χ1n) is 9.16. The van der Waals surface area contributed by atoms with E-state index in [-0.39, 0.29) is 18.0 Å². The zero-order valence-corrected chi connectivity index (χ0v) is 15.1. The van der Waals surface area contributed by atoms with Gasteiger partial charge in [-0.1, -0.05) is 0 Å². The molecule has 7 heteroatoms. The van der Waals surface area contributed by atoms with Crippen molar-refractivity contribution >= 4 is 28.9 Å². The van der Waals surface area contributed by atoms with Gasteiger partial charge in [-0.2, -0.15) is 0 Å². The maximum absolute atomic E-state index is 12.8. The third-order valence-electron chi connectivity index (χ3n) is 5.84. The highest BCUT2D eigenvalue weighted by atomic mass is 16.2. The maximum atomic E-state index is 12.8. The number of aromatic nitrogens is 2. The molecule has 1 aliphatic carbocycles. The topological polar surface area (TPSA) is 76.3 Å². The van der Waals surface area contributed by atoms with E-state index in [1.165, 1.54) is 11.0 Å². The summed E-state index contributed by atoms with van der Waals surface area (Å²) < 4.78 is 3.11. The summed E-state index contributed by atoms with van der Waals surface area (Å²) in [4.78, 5) is 38.4. The van der Waals surface area contributed by atoms with Crippen LogP contribution in [0.1, 0.15) is 25.3 Å². The molecular formula is C19H24N4O3. The van der Waals surface area contributed by atoms with E-state index in [0.29, 0.717) is 6.42 Å². The van der Waals surface area contributed by atoms with Crippen LogP contribution >= 0.6 is 0 Å². The van der Waals surface area contributed by atoms with Crippen LogP contribution in [-0.2, 0) is 16.6 Å². The minimum absolute atomic E-state index is 0.232. The summed E-state index contributed by atoms with van der Waals surface area (Å²) in [5.41, 5.74) is 2.43. The number of rotatable bonds is 6. The number of amides is 1. The van der Waals surface area contributed by atoms with Crippen molar-refractivity contribution in [2.75, 3.05) is 25.0 Å². The molecule has 138 valence electrons. The number of aldehydes is 1. The molecule has 2 aliphatic rings. The summed E-state index contributed by atoms with van der Waals surface area (Å²) in [6.07, 6.45) is 2.66. The van der Waals surface area contributed by atoms with Crippen molar-refractivity contribution in [2.24, 2.45) is 18.9 Å². The number of piperidine rings is 1. The molecule has 0 spiro atoms. The lowest BCUT2D eigenvalue weighted by Gasteiger charge is -2.20. The predicted octanol–water partition coefficient (Wildman–Crippen LogP) is 1.06. The van der Waals surface area contributed by atoms with Crippen molar-refractivity contribution in [3.05, 3.63) is 28.7 Å². The SMILES string of the molecule is CNC(=O)C(CCC=O)n1c(=O)n(C)c2cc(N3CC4CC4C3)ccc21. The van der Waals surface area contributed by atoms with Gasteiger partial charge < -0.3 is 15.0 Å². The van der Waals surface area contributed by atoms with E-state index >= 15 is 0 Å². The second-order valence-electron chi connectivity index (χ2n) is 7.42. The number of nitrogens with one attached hydrogen (secondary N) is 1. The fraction of sp³-hybridized carbons (Fsp3) is 0.526. The quantitative estimate of drug-likeness (QED) is 0.786. The largest absolute Gasteiger partial charge is 0.371 e. The molecule has 1 aliphatic heterocycles. The lowest BCUT2D eigenvalue weighted by molar-refractivity contribution is -0.124. The average Bonchev–Trinajstić information content (AvgIpc) is 3.19. The summed E-state index contributed by atoms with van der Waals surface area (Å²) in [6, 6.07) is 5.31. The van der Waals surface area contributed by atoms with E-state index in [4.69, 9.17) is 0 Å². The van der Waals surface area contributed by atoms with Gasteiger partial charge in [-0.05, 0) is 42.9 Å². The van der Waals surface area contributed by atoms with Gasteiger partial charge in [0.05, 0.1) is 11.0 Å². The highest BCUT2D eigenvalue weighted by Gasteiger charge is 2.45. The molecule has 2 fully saturated rings. The molecule has 1 aromatic heterocycles. The van der Waals surface area contributed by atoms with Gasteiger partial charge >= 0.3 is 5.69 Å². The van der Waals surface area contributed by atoms with E-state index < -0.39 is 6.04 Å². The fourth-order valence-electron chi connectivity index (χ4n) is 4.23. The lowest BCUT2D eigenvalue weighted by atomic mass is 10.1. The molecule has 0 bridgehead atoms. The Morgan fingerprint density at radius 3 is 2.69 bits per heavy atom. The Kier molecular flexibility index (Phi) is 4.09. The van der Waals surface area contributed by atoms with Gasteiger partial charge in [0.25, 0.3) is 0 Å². The van der Waals surface area contributed by atoms with Crippen LogP contribution in [-0.4, -0.2) is 41.5 Å². The second-order valence-corrected chi connectivity index (χ2v) is 7.42. The molecule has 2 aromatic rings. The van der Waals surface area contributed by atoms with E-state index in [0.717, 1.165) is 47.9 Å². The number of nitrogens with zero attached hydrogens (tertiary/aromatic N) is 3. The number of imidazole rings is 1. The monoisotopic (exact) mass is 356 g/mol. The van der Waals surface area contributed by atoms with E-state index in [1.807, 2.05) is 18.2 Å². The molecular weight excluding hydrogens is 332 g/mol. The molecule has 0 radical (unpaired) electrons. The fourth-order valence-corrected chi connectivity index (χ4v) is 4.23. The minimum Gasteiger partial charge on any atom is -0.371 e. The maximum Gasteiger partial charge on any atom is 0.329 e. The number of carbonyl (C=O) groups is 2. The molecule has 1 amide bonds. The third kappa shape index (κ3) is 2.62. The van der Waals surface area contributed by atoms with Crippen molar-refractivity contribution in [1.29, 1.82) is 0 Å². The van der Waals surface area contributed by atoms with Crippen molar-refractivity contribution in [2.45, 2.75) is 25.3 Å². The summed E-state index contributed by atoms with van der Waals surface area (Å²) in [6.45, 7) is 2.18. The first-order chi connectivity index (χ1) is 12.5. The molecule has 3 unspecified atom stereocenters. The Balaban J connectivity index is 1.77. The molecule has 1 N–H and O–H groups in total. The van der Waals surface area contributed by atoms with Crippen LogP contribution in [0.25, 0.3) is 11.0 Å². The van der Waals surface area contributed by atoms with Gasteiger partial charge in [0, 0.05) is 39.3 Å². The Morgan fingerprint density at radius 2 is 2.04 bits per heavy atom. The normalized spacial score (nSPS) is 22.3. The van der Waals surface area contributed by atoms with Gasteiger partial charge in [-0.25, -0.2) is 4.79 Å². The van der Waals surface area contributed by atoms with Crippen LogP contribution < -0.4 is 15.9 Å². The molecule has 1 aromatic carbocycles. The van der Waals surface area contributed by atoms with Gasteiger partial charge in [0.1, 0.15) is 12.3 Å². The molecule has 3 atom stereocenters. The molecule has 2 heterocycles. The van der Waals surface area contributed by atoms with Crippen molar-refractivity contribution in [3.8, 4) is 0 Å². The second kappa shape index (κ2) is 6.30. The van der Waals surface area contributed by atoms with Gasteiger partial charge in [0.15, 0.2) is 0 Å². The third-order valence-corrected chi connectivity index (χ3v) is 5.84. The number of hydrogen-bond donors (Lipinski definition) is 1. The number of carbonyl (C=O) groups excluding carboxylic acids is 2. The average molecular weight is 356 g/mol. The van der Waals surface area contributed by atoms with Gasteiger partial charge in [-0.15, -0.1) is 0 Å². The number of likely N-dealkylation sites (N-methyl/N-ethyl adjacent to an activating group) is 1. The Hall–Kier alpha value is -2.57. The first-order valence-corrected chi connectivity index (χ1v) is 9.16. The number of benzene rings is 1. The van der Waals surface area contributed by atoms with Gasteiger partial charge in [0.2, 0.25) is 5.91 Å². The van der Waals surface area contributed by atoms with E-state index in [9.17, 15) is 14.4 Å². The lowest BCUT2D eigenvalue weighted by Crippen LogP contribution is -2.36. The predicted molar refractivity (Wildman–Crippen MR) is 99.4 cm³/mol. The van der Waals surface area contributed by atoms with Crippen LogP contribution in [0.15, 0.2) is 23.0 Å². The Labute approximate surface area is 151 Å². The summed E-state index contributed by atoms with van der Waals surface area (Å²) in [5.74, 6) is 1.41. The van der Waals surface area contributed by atoms with Gasteiger partial charge in [-0.3, -0.25) is 13.9 Å². The van der Waals surface area contributed by atoms with Crippen LogP contribution in [0.5, 0.6) is 0 Å². The number of hydrogen-bond acceptors (Lipinski definition) is 4. The van der Waals surface area contributed by atoms with Crippen molar-refractivity contribution in [3.63, 3.8) is 0 Å². The van der Waals surface area contributed by atoms with Crippen molar-refractivity contribution < 1.29 is 9.59 Å². The first kappa shape index (κ1) is 16.9. The minimum atomic E-state index is -0.688. The smallest absolute Gasteiger partial charge is 0.329 e. The number of aryl methyl sites for hydroxylation is 1. The van der Waals surface area contributed by atoms with Crippen LogP contribution in [0.3, 0.4) is 0 Å². The zero-order valence-electron chi connectivity index (χ0n) is 15.1. The molecule has 26 heavy (non-hydrogen) atoms. The van der Waals surface area contributed by atoms with Crippen molar-refractivity contribution in [1.82, 2.24) is 14.5 Å². The van der Waals surface area contributed by atoms with Crippen LogP contribution in [0.2, 0.25) is 0 Å². The van der Waals surface area contributed by atoms with Crippen LogP contribution in [0.4, 0.5) is 5.69 Å². The molecule has 1 saturated carbocycles. The number of fused-ring (bicyclic) bond motifs is 2. The summed E-state index contributed by atoms with van der Waals surface area (Å²) in [7, 11) is 3.27. The highest BCUT2D eigenvalue weighted by Crippen LogP contribution is 2.46. The Bertz CT molecular complexity index is 919. The van der Waals surface area contributed by atoms with E-state index in [2.05, 4.69) is 10.2 Å². The summed E-state index contributed by atoms with van der Waals surface area (Å²) in [5, 5.41) is 2.61. The zero-order chi connectivity index (χ0) is 18.4. The van der Waals surface area contributed by atoms with E-state index in [1.54, 1.807) is 18.7 Å². The highest BCUT2D eigenvalue weighted by molar-refractivity contribution is 5.85. The van der Waals surface area contributed by atoms with Crippen LogP contribution in [0, 0.1) is 11.8 Å². The standard InChI is InChI=1S/C19H24N4O3/c1-20-18(25)16(4-3-7-24)23-15-6-5-14(9-17(15)21(2)19(23)26)22-10-12-8-13(12)11-22/h5-7,9,12-13,16H,3-4,8,10-11H2,1-2H3,(H,20,25). The summed E-state index contributed by atoms with van der Waals surface area (Å²) >= 11 is 0.